The van der Waals surface area contributed by atoms with Gasteiger partial charge in [-0.05, 0) is 44.0 Å². The van der Waals surface area contributed by atoms with Crippen molar-refractivity contribution in [1.29, 1.82) is 0 Å². The molecule has 0 fully saturated rings. The van der Waals surface area contributed by atoms with Crippen LogP contribution in [-0.2, 0) is 6.54 Å². The molecule has 0 aliphatic heterocycles. The molecule has 0 aromatic carbocycles. The zero-order valence-electron chi connectivity index (χ0n) is 14.6. The largest absolute Gasteiger partial charge is 0.394 e. The highest BCUT2D eigenvalue weighted by atomic mass is 15.3. The lowest BCUT2D eigenvalue weighted by molar-refractivity contribution is 0.532. The number of aromatic nitrogens is 2. The summed E-state index contributed by atoms with van der Waals surface area (Å²) >= 11 is 0. The number of nitrogens with two attached hydrogens (primary N) is 2. The summed E-state index contributed by atoms with van der Waals surface area (Å²) in [6.07, 6.45) is 9.29. The summed E-state index contributed by atoms with van der Waals surface area (Å²) in [5.74, 6) is 16.1. The first-order valence-electron chi connectivity index (χ1n) is 8.07. The number of anilines is 2. The Morgan fingerprint density at radius 1 is 0.913 bits per heavy atom. The quantitative estimate of drug-likeness (QED) is 0.598. The zero-order chi connectivity index (χ0) is 17.3. The van der Waals surface area contributed by atoms with Crippen LogP contribution in [0, 0.1) is 35.5 Å². The third kappa shape index (κ3) is 10.8. The molecule has 0 radical (unpaired) electrons. The smallest absolute Gasteiger partial charge is 0.145 e. The topological polar surface area (TPSA) is 69.9 Å². The summed E-state index contributed by atoms with van der Waals surface area (Å²) in [6, 6.07) is 0. The minimum absolute atomic E-state index is 0.584. The molecule has 1 rings (SSSR count). The van der Waals surface area contributed by atoms with Gasteiger partial charge in [-0.1, -0.05) is 50.9 Å². The highest BCUT2D eigenvalue weighted by molar-refractivity contribution is 5.56. The molecule has 0 unspecified atom stereocenters. The Labute approximate surface area is 141 Å². The maximum Gasteiger partial charge on any atom is 0.145 e. The Morgan fingerprint density at radius 2 is 1.48 bits per heavy atom. The SMILES string of the molecule is CC#CC#CC#CC.CCCCCCCCn1ncc(N)c1N. The van der Waals surface area contributed by atoms with Crippen LogP contribution in [0.4, 0.5) is 11.5 Å². The lowest BCUT2D eigenvalue weighted by Gasteiger charge is -2.04. The molecule has 0 saturated carbocycles. The van der Waals surface area contributed by atoms with Crippen LogP contribution in [0.5, 0.6) is 0 Å². The van der Waals surface area contributed by atoms with Gasteiger partial charge in [0.15, 0.2) is 0 Å². The average Bonchev–Trinajstić information content (AvgIpc) is 2.87. The predicted molar refractivity (Wildman–Crippen MR) is 99.1 cm³/mol. The van der Waals surface area contributed by atoms with Crippen molar-refractivity contribution in [3.63, 3.8) is 0 Å². The predicted octanol–water partition coefficient (Wildman–Crippen LogP) is 3.44. The van der Waals surface area contributed by atoms with E-state index in [0.717, 1.165) is 13.0 Å². The van der Waals surface area contributed by atoms with Gasteiger partial charge in [0.25, 0.3) is 0 Å². The Hall–Kier alpha value is -2.51. The molecular weight excluding hydrogens is 284 g/mol. The van der Waals surface area contributed by atoms with E-state index in [2.05, 4.69) is 47.5 Å². The second-order valence-electron chi connectivity index (χ2n) is 4.98. The summed E-state index contributed by atoms with van der Waals surface area (Å²) in [4.78, 5) is 0. The van der Waals surface area contributed by atoms with Gasteiger partial charge in [-0.15, -0.1) is 0 Å². The van der Waals surface area contributed by atoms with Crippen LogP contribution in [0.15, 0.2) is 6.20 Å². The summed E-state index contributed by atoms with van der Waals surface area (Å²) in [5.41, 5.74) is 11.9. The first kappa shape index (κ1) is 20.5. The van der Waals surface area contributed by atoms with Crippen molar-refractivity contribution in [2.24, 2.45) is 0 Å². The maximum absolute atomic E-state index is 5.74. The number of nitrogen functional groups attached to an aromatic ring is 2. The normalized spacial score (nSPS) is 8.30. The zero-order valence-corrected chi connectivity index (χ0v) is 14.6. The molecule has 4 nitrogen and oxygen atoms in total. The summed E-state index contributed by atoms with van der Waals surface area (Å²) < 4.78 is 1.79. The second kappa shape index (κ2) is 14.4. The van der Waals surface area contributed by atoms with Crippen molar-refractivity contribution in [3.8, 4) is 35.5 Å². The van der Waals surface area contributed by atoms with Gasteiger partial charge >= 0.3 is 0 Å². The maximum atomic E-state index is 5.74. The Kier molecular flexibility index (Phi) is 12.9. The molecular formula is C19H28N4. The molecule has 0 spiro atoms. The lowest BCUT2D eigenvalue weighted by Crippen LogP contribution is -2.05. The fraction of sp³-hybridized carbons (Fsp3) is 0.526. The van der Waals surface area contributed by atoms with Crippen molar-refractivity contribution in [1.82, 2.24) is 9.78 Å². The molecule has 0 aliphatic rings. The van der Waals surface area contributed by atoms with Crippen molar-refractivity contribution in [2.75, 3.05) is 11.5 Å². The number of aryl methyl sites for hydroxylation is 1. The van der Waals surface area contributed by atoms with Crippen LogP contribution in [0.2, 0.25) is 0 Å². The van der Waals surface area contributed by atoms with Gasteiger partial charge < -0.3 is 11.5 Å². The van der Waals surface area contributed by atoms with Gasteiger partial charge in [0.2, 0.25) is 0 Å². The lowest BCUT2D eigenvalue weighted by atomic mass is 10.1. The Morgan fingerprint density at radius 3 is 1.96 bits per heavy atom. The fourth-order valence-electron chi connectivity index (χ4n) is 1.82. The highest BCUT2D eigenvalue weighted by Crippen LogP contribution is 2.14. The highest BCUT2D eigenvalue weighted by Gasteiger charge is 2.02. The molecule has 0 amide bonds. The molecule has 0 aliphatic carbocycles. The van der Waals surface area contributed by atoms with Crippen LogP contribution in [-0.4, -0.2) is 9.78 Å². The van der Waals surface area contributed by atoms with Crippen molar-refractivity contribution >= 4 is 11.5 Å². The molecule has 4 N–H and O–H groups in total. The summed E-state index contributed by atoms with van der Waals surface area (Å²) in [5, 5.41) is 4.12. The van der Waals surface area contributed by atoms with Crippen LogP contribution in [0.25, 0.3) is 0 Å². The van der Waals surface area contributed by atoms with Crippen molar-refractivity contribution < 1.29 is 0 Å². The third-order valence-corrected chi connectivity index (χ3v) is 3.07. The van der Waals surface area contributed by atoms with E-state index in [9.17, 15) is 0 Å². The van der Waals surface area contributed by atoms with Crippen molar-refractivity contribution in [2.45, 2.75) is 65.8 Å². The van der Waals surface area contributed by atoms with E-state index in [-0.39, 0.29) is 0 Å². The van der Waals surface area contributed by atoms with Crippen LogP contribution >= 0.6 is 0 Å². The monoisotopic (exact) mass is 312 g/mol. The van der Waals surface area contributed by atoms with Gasteiger partial charge in [0.1, 0.15) is 5.82 Å². The van der Waals surface area contributed by atoms with Crippen LogP contribution in [0.1, 0.15) is 59.3 Å². The molecule has 1 aromatic rings. The third-order valence-electron chi connectivity index (χ3n) is 3.07. The standard InChI is InChI=1S/C11H22N4.C8H6/c1-2-3-4-5-6-7-8-15-11(13)10(12)9-14-15;1-3-5-7-8-6-4-2/h9H,2-8,12-13H2,1H3;1-2H3. The number of rotatable bonds is 7. The van der Waals surface area contributed by atoms with E-state index >= 15 is 0 Å². The van der Waals surface area contributed by atoms with E-state index in [1.165, 1.54) is 32.1 Å². The summed E-state index contributed by atoms with van der Waals surface area (Å²) in [6.45, 7) is 6.60. The Bertz CT molecular complexity index is 585. The van der Waals surface area contributed by atoms with E-state index < -0.39 is 0 Å². The summed E-state index contributed by atoms with van der Waals surface area (Å²) in [7, 11) is 0. The van der Waals surface area contributed by atoms with Crippen LogP contribution < -0.4 is 11.5 Å². The molecule has 0 bridgehead atoms. The number of hydrogen-bond donors (Lipinski definition) is 2. The molecule has 0 saturated heterocycles. The van der Waals surface area contributed by atoms with E-state index in [1.807, 2.05) is 0 Å². The van der Waals surface area contributed by atoms with Gasteiger partial charge in [0, 0.05) is 6.54 Å². The fourth-order valence-corrected chi connectivity index (χ4v) is 1.82. The molecule has 4 heteroatoms. The minimum Gasteiger partial charge on any atom is -0.394 e. The Balaban J connectivity index is 0.000000515. The van der Waals surface area contributed by atoms with E-state index in [1.54, 1.807) is 24.7 Å². The average molecular weight is 312 g/mol. The van der Waals surface area contributed by atoms with Crippen molar-refractivity contribution in [3.05, 3.63) is 6.20 Å². The molecule has 124 valence electrons. The van der Waals surface area contributed by atoms with E-state index in [4.69, 9.17) is 11.5 Å². The first-order valence-corrected chi connectivity index (χ1v) is 8.07. The van der Waals surface area contributed by atoms with Gasteiger partial charge in [-0.2, -0.15) is 5.10 Å². The second-order valence-corrected chi connectivity index (χ2v) is 4.98. The minimum atomic E-state index is 0.584. The molecule has 1 aromatic heterocycles. The van der Waals surface area contributed by atoms with Gasteiger partial charge in [0.05, 0.1) is 11.9 Å². The van der Waals surface area contributed by atoms with Gasteiger partial charge in [-0.25, -0.2) is 4.68 Å². The number of unbranched alkanes of at least 4 members (excludes halogenated alkanes) is 5. The van der Waals surface area contributed by atoms with Gasteiger partial charge in [-0.3, -0.25) is 0 Å². The molecule has 1 heterocycles. The molecule has 23 heavy (non-hydrogen) atoms. The van der Waals surface area contributed by atoms with Crippen LogP contribution in [0.3, 0.4) is 0 Å². The number of nitrogens with zero attached hydrogens (tertiary/aromatic N) is 2. The first-order chi connectivity index (χ1) is 11.2. The molecule has 0 atom stereocenters. The number of hydrogen-bond acceptors (Lipinski definition) is 3. The van der Waals surface area contributed by atoms with E-state index in [0.29, 0.717) is 11.5 Å².